The predicted molar refractivity (Wildman–Crippen MR) is 74.4 cm³/mol. The highest BCUT2D eigenvalue weighted by Gasteiger charge is 2.01. The Bertz CT molecular complexity index is 525. The first-order valence-corrected chi connectivity index (χ1v) is 6.30. The van der Waals surface area contributed by atoms with Crippen molar-refractivity contribution in [3.8, 4) is 11.1 Å². The summed E-state index contributed by atoms with van der Waals surface area (Å²) in [6, 6.07) is 18.3. The highest BCUT2D eigenvalue weighted by atomic mass is 35.5. The molecule has 0 aliphatic rings. The van der Waals surface area contributed by atoms with E-state index in [2.05, 4.69) is 29.6 Å². The number of alkyl halides is 1. The summed E-state index contributed by atoms with van der Waals surface area (Å²) in [5.74, 6) is -0.153. The van der Waals surface area contributed by atoms with Gasteiger partial charge in [0.2, 0.25) is 5.91 Å². The van der Waals surface area contributed by atoms with Crippen LogP contribution in [0, 0.1) is 0 Å². The van der Waals surface area contributed by atoms with Crippen molar-refractivity contribution < 1.29 is 4.79 Å². The van der Waals surface area contributed by atoms with Gasteiger partial charge in [-0.2, -0.15) is 0 Å². The number of rotatable bonds is 4. The molecule has 2 rings (SSSR count). The van der Waals surface area contributed by atoms with Crippen molar-refractivity contribution >= 4 is 17.5 Å². The fourth-order valence-corrected chi connectivity index (χ4v) is 1.83. The van der Waals surface area contributed by atoms with Gasteiger partial charge in [0, 0.05) is 6.54 Å². The Morgan fingerprint density at radius 3 is 2.44 bits per heavy atom. The van der Waals surface area contributed by atoms with Crippen LogP contribution < -0.4 is 5.32 Å². The van der Waals surface area contributed by atoms with Gasteiger partial charge in [-0.15, -0.1) is 11.6 Å². The van der Waals surface area contributed by atoms with E-state index in [-0.39, 0.29) is 11.8 Å². The van der Waals surface area contributed by atoms with Gasteiger partial charge in [0.15, 0.2) is 0 Å². The number of nitrogens with one attached hydrogen (secondary N) is 1. The SMILES string of the molecule is O=C(CCl)NCc1cccc(-c2ccccc2)c1. The van der Waals surface area contributed by atoms with Crippen molar-refractivity contribution in [3.63, 3.8) is 0 Å². The Hall–Kier alpha value is -1.80. The van der Waals surface area contributed by atoms with Gasteiger partial charge in [-0.1, -0.05) is 48.5 Å². The molecule has 0 atom stereocenters. The van der Waals surface area contributed by atoms with Gasteiger partial charge < -0.3 is 5.32 Å². The van der Waals surface area contributed by atoms with E-state index in [9.17, 15) is 4.79 Å². The molecule has 0 bridgehead atoms. The van der Waals surface area contributed by atoms with Crippen LogP contribution in [0.4, 0.5) is 0 Å². The standard InChI is InChI=1S/C15H14ClNO/c16-10-15(18)17-11-12-5-4-8-14(9-12)13-6-2-1-3-7-13/h1-9H,10-11H2,(H,17,18). The van der Waals surface area contributed by atoms with Gasteiger partial charge in [0.05, 0.1) is 0 Å². The van der Waals surface area contributed by atoms with E-state index < -0.39 is 0 Å². The van der Waals surface area contributed by atoms with E-state index >= 15 is 0 Å². The highest BCUT2D eigenvalue weighted by Crippen LogP contribution is 2.19. The Kier molecular flexibility index (Phi) is 4.37. The maximum absolute atomic E-state index is 11.1. The van der Waals surface area contributed by atoms with Gasteiger partial charge in [-0.25, -0.2) is 0 Å². The molecule has 2 aromatic carbocycles. The van der Waals surface area contributed by atoms with Crippen LogP contribution in [0.25, 0.3) is 11.1 Å². The Labute approximate surface area is 112 Å². The zero-order valence-corrected chi connectivity index (χ0v) is 10.7. The van der Waals surface area contributed by atoms with Crippen LogP contribution in [0.2, 0.25) is 0 Å². The van der Waals surface area contributed by atoms with Crippen molar-refractivity contribution in [2.75, 3.05) is 5.88 Å². The quantitative estimate of drug-likeness (QED) is 0.840. The predicted octanol–water partition coefficient (Wildman–Crippen LogP) is 3.21. The molecule has 1 amide bonds. The van der Waals surface area contributed by atoms with Gasteiger partial charge in [0.25, 0.3) is 0 Å². The molecule has 92 valence electrons. The minimum Gasteiger partial charge on any atom is -0.351 e. The maximum Gasteiger partial charge on any atom is 0.235 e. The second-order valence-corrected chi connectivity index (χ2v) is 4.24. The van der Waals surface area contributed by atoms with Crippen LogP contribution in [0.5, 0.6) is 0 Å². The number of hydrogen-bond acceptors (Lipinski definition) is 1. The molecular formula is C15H14ClNO. The summed E-state index contributed by atoms with van der Waals surface area (Å²) in [5, 5.41) is 2.76. The molecule has 0 unspecified atom stereocenters. The Morgan fingerprint density at radius 1 is 1.00 bits per heavy atom. The van der Waals surface area contributed by atoms with Crippen LogP contribution in [-0.4, -0.2) is 11.8 Å². The van der Waals surface area contributed by atoms with Gasteiger partial charge >= 0.3 is 0 Å². The number of carbonyl (C=O) groups is 1. The number of halogens is 1. The fourth-order valence-electron chi connectivity index (χ4n) is 1.74. The summed E-state index contributed by atoms with van der Waals surface area (Å²) in [5.41, 5.74) is 3.38. The second kappa shape index (κ2) is 6.22. The first kappa shape index (κ1) is 12.7. The molecule has 18 heavy (non-hydrogen) atoms. The minimum absolute atomic E-state index is 0.00161. The third-order valence-electron chi connectivity index (χ3n) is 2.65. The van der Waals surface area contributed by atoms with E-state index in [0.29, 0.717) is 6.54 Å². The van der Waals surface area contributed by atoms with Crippen molar-refractivity contribution in [2.45, 2.75) is 6.54 Å². The van der Waals surface area contributed by atoms with Crippen molar-refractivity contribution in [1.82, 2.24) is 5.32 Å². The van der Waals surface area contributed by atoms with Gasteiger partial charge in [0.1, 0.15) is 5.88 Å². The van der Waals surface area contributed by atoms with E-state index in [1.807, 2.05) is 30.3 Å². The zero-order valence-electron chi connectivity index (χ0n) is 9.90. The summed E-state index contributed by atoms with van der Waals surface area (Å²) < 4.78 is 0. The van der Waals surface area contributed by atoms with Crippen molar-refractivity contribution in [2.24, 2.45) is 0 Å². The lowest BCUT2D eigenvalue weighted by Gasteiger charge is -2.06. The van der Waals surface area contributed by atoms with Crippen molar-refractivity contribution in [1.29, 1.82) is 0 Å². The number of hydrogen-bond donors (Lipinski definition) is 1. The summed E-state index contributed by atoms with van der Waals surface area (Å²) in [6.45, 7) is 0.506. The summed E-state index contributed by atoms with van der Waals surface area (Å²) in [7, 11) is 0. The first-order chi connectivity index (χ1) is 8.79. The fraction of sp³-hybridized carbons (Fsp3) is 0.133. The molecule has 0 aliphatic heterocycles. The molecule has 0 saturated carbocycles. The van der Waals surface area contributed by atoms with Crippen LogP contribution in [0.3, 0.4) is 0 Å². The largest absolute Gasteiger partial charge is 0.351 e. The summed E-state index contributed by atoms with van der Waals surface area (Å²) in [4.78, 5) is 11.1. The minimum atomic E-state index is -0.151. The van der Waals surface area contributed by atoms with E-state index in [4.69, 9.17) is 11.6 Å². The molecule has 0 radical (unpaired) electrons. The normalized spacial score (nSPS) is 10.1. The average Bonchev–Trinajstić information content (AvgIpc) is 2.46. The molecule has 0 spiro atoms. The zero-order chi connectivity index (χ0) is 12.8. The third kappa shape index (κ3) is 3.34. The highest BCUT2D eigenvalue weighted by molar-refractivity contribution is 6.27. The van der Waals surface area contributed by atoms with Gasteiger partial charge in [-0.05, 0) is 22.8 Å². The lowest BCUT2D eigenvalue weighted by Crippen LogP contribution is -2.23. The topological polar surface area (TPSA) is 29.1 Å². The molecular weight excluding hydrogens is 246 g/mol. The van der Waals surface area contributed by atoms with E-state index in [1.54, 1.807) is 0 Å². The number of carbonyl (C=O) groups excluding carboxylic acids is 1. The van der Waals surface area contributed by atoms with Crippen LogP contribution >= 0.6 is 11.6 Å². The molecule has 0 aromatic heterocycles. The van der Waals surface area contributed by atoms with Crippen LogP contribution in [-0.2, 0) is 11.3 Å². The first-order valence-electron chi connectivity index (χ1n) is 5.76. The lowest BCUT2D eigenvalue weighted by atomic mass is 10.0. The van der Waals surface area contributed by atoms with E-state index in [0.717, 1.165) is 11.1 Å². The molecule has 2 aromatic rings. The van der Waals surface area contributed by atoms with Gasteiger partial charge in [-0.3, -0.25) is 4.79 Å². The number of benzene rings is 2. The number of amides is 1. The monoisotopic (exact) mass is 259 g/mol. The molecule has 2 nitrogen and oxygen atoms in total. The molecule has 1 N–H and O–H groups in total. The summed E-state index contributed by atoms with van der Waals surface area (Å²) >= 11 is 5.43. The van der Waals surface area contributed by atoms with E-state index in [1.165, 1.54) is 5.56 Å². The molecule has 0 fully saturated rings. The second-order valence-electron chi connectivity index (χ2n) is 3.98. The van der Waals surface area contributed by atoms with Crippen LogP contribution in [0.1, 0.15) is 5.56 Å². The smallest absolute Gasteiger partial charge is 0.235 e. The average molecular weight is 260 g/mol. The third-order valence-corrected chi connectivity index (χ3v) is 2.89. The molecule has 0 aliphatic carbocycles. The molecule has 0 heterocycles. The lowest BCUT2D eigenvalue weighted by molar-refractivity contribution is -0.118. The Balaban J connectivity index is 2.13. The Morgan fingerprint density at radius 2 is 1.72 bits per heavy atom. The molecule has 0 saturated heterocycles. The van der Waals surface area contributed by atoms with Crippen molar-refractivity contribution in [3.05, 3.63) is 60.2 Å². The van der Waals surface area contributed by atoms with Crippen LogP contribution in [0.15, 0.2) is 54.6 Å². The molecule has 3 heteroatoms. The maximum atomic E-state index is 11.1. The summed E-state index contributed by atoms with van der Waals surface area (Å²) in [6.07, 6.45) is 0.